The highest BCUT2D eigenvalue weighted by molar-refractivity contribution is 5.35. The van der Waals surface area contributed by atoms with Gasteiger partial charge in [-0.3, -0.25) is 0 Å². The number of phenols is 1. The second kappa shape index (κ2) is 6.25. The average molecular weight is 258 g/mol. The van der Waals surface area contributed by atoms with Crippen LogP contribution in [0.2, 0.25) is 0 Å². The quantitative estimate of drug-likeness (QED) is 0.864. The summed E-state index contributed by atoms with van der Waals surface area (Å²) in [7, 11) is 0. The molecule has 0 spiro atoms. The van der Waals surface area contributed by atoms with Crippen LogP contribution >= 0.6 is 0 Å². The number of benzene rings is 2. The highest BCUT2D eigenvalue weighted by atomic mass is 16.5. The Morgan fingerprint density at radius 1 is 1.11 bits per heavy atom. The van der Waals surface area contributed by atoms with Crippen LogP contribution < -0.4 is 4.74 Å². The highest BCUT2D eigenvalue weighted by Crippen LogP contribution is 2.27. The summed E-state index contributed by atoms with van der Waals surface area (Å²) in [6.07, 6.45) is 0.132. The molecule has 3 heteroatoms. The molecule has 0 aliphatic carbocycles. The third-order valence-corrected chi connectivity index (χ3v) is 2.97. The lowest BCUT2D eigenvalue weighted by Crippen LogP contribution is -2.02. The lowest BCUT2D eigenvalue weighted by molar-refractivity contribution is 0.166. The van der Waals surface area contributed by atoms with Crippen molar-refractivity contribution in [2.45, 2.75) is 26.1 Å². The fourth-order valence-electron chi connectivity index (χ4n) is 1.91. The van der Waals surface area contributed by atoms with Crippen LogP contribution in [0.15, 0.2) is 48.5 Å². The Hall–Kier alpha value is -2.00. The van der Waals surface area contributed by atoms with Crippen LogP contribution in [-0.2, 0) is 6.61 Å². The smallest absolute Gasteiger partial charge is 0.125 e. The maximum atomic E-state index is 9.93. The molecule has 3 nitrogen and oxygen atoms in total. The van der Waals surface area contributed by atoms with Gasteiger partial charge in [0.2, 0.25) is 0 Å². The second-order valence-corrected chi connectivity index (χ2v) is 4.42. The summed E-state index contributed by atoms with van der Waals surface area (Å²) in [6.45, 7) is 2.29. The van der Waals surface area contributed by atoms with Crippen LogP contribution in [0, 0.1) is 0 Å². The van der Waals surface area contributed by atoms with E-state index >= 15 is 0 Å². The predicted octanol–water partition coefficient (Wildman–Crippen LogP) is 3.41. The van der Waals surface area contributed by atoms with Crippen molar-refractivity contribution in [3.05, 3.63) is 59.7 Å². The van der Waals surface area contributed by atoms with E-state index in [1.165, 1.54) is 0 Å². The first-order chi connectivity index (χ1) is 9.20. The van der Waals surface area contributed by atoms with Gasteiger partial charge in [0.25, 0.3) is 0 Å². The third-order valence-electron chi connectivity index (χ3n) is 2.97. The summed E-state index contributed by atoms with van der Waals surface area (Å²) in [5, 5.41) is 19.3. The zero-order valence-corrected chi connectivity index (χ0v) is 10.9. The van der Waals surface area contributed by atoms with Crippen molar-refractivity contribution in [3.8, 4) is 11.5 Å². The van der Waals surface area contributed by atoms with E-state index in [1.807, 2.05) is 37.3 Å². The number of aliphatic hydroxyl groups excluding tert-OH is 1. The Morgan fingerprint density at radius 2 is 1.89 bits per heavy atom. The molecule has 19 heavy (non-hydrogen) atoms. The van der Waals surface area contributed by atoms with Gasteiger partial charge in [0.15, 0.2) is 0 Å². The molecule has 1 unspecified atom stereocenters. The Labute approximate surface area is 113 Å². The minimum atomic E-state index is -0.514. The number of ether oxygens (including phenoxy) is 1. The zero-order valence-electron chi connectivity index (χ0n) is 10.9. The Bertz CT molecular complexity index is 537. The van der Waals surface area contributed by atoms with Crippen LogP contribution in [0.5, 0.6) is 11.5 Å². The van der Waals surface area contributed by atoms with Gasteiger partial charge >= 0.3 is 0 Å². The van der Waals surface area contributed by atoms with Crippen molar-refractivity contribution in [1.82, 2.24) is 0 Å². The van der Waals surface area contributed by atoms with Gasteiger partial charge in [-0.15, -0.1) is 0 Å². The highest BCUT2D eigenvalue weighted by Gasteiger charge is 2.11. The van der Waals surface area contributed by atoms with Crippen molar-refractivity contribution in [2.24, 2.45) is 0 Å². The fourth-order valence-corrected chi connectivity index (χ4v) is 1.91. The monoisotopic (exact) mass is 258 g/mol. The maximum Gasteiger partial charge on any atom is 0.125 e. The molecule has 100 valence electrons. The summed E-state index contributed by atoms with van der Waals surface area (Å²) < 4.78 is 5.73. The van der Waals surface area contributed by atoms with Crippen LogP contribution in [0.4, 0.5) is 0 Å². The normalized spacial score (nSPS) is 12.1. The number of hydrogen-bond acceptors (Lipinski definition) is 3. The summed E-state index contributed by atoms with van der Waals surface area (Å²) in [5.41, 5.74) is 1.69. The first-order valence-corrected chi connectivity index (χ1v) is 6.38. The summed E-state index contributed by atoms with van der Waals surface area (Å²) in [6, 6.07) is 14.4. The molecule has 0 aliphatic rings. The third kappa shape index (κ3) is 3.48. The van der Waals surface area contributed by atoms with E-state index in [1.54, 1.807) is 18.2 Å². The van der Waals surface area contributed by atoms with E-state index in [0.29, 0.717) is 18.8 Å². The largest absolute Gasteiger partial charge is 0.508 e. The molecule has 2 aromatic carbocycles. The summed E-state index contributed by atoms with van der Waals surface area (Å²) in [5.74, 6) is 0.906. The molecule has 0 bridgehead atoms. The van der Waals surface area contributed by atoms with Gasteiger partial charge in [0.05, 0.1) is 6.10 Å². The SMILES string of the molecule is CCC(O)c1ccccc1OCc1cccc(O)c1. The topological polar surface area (TPSA) is 49.7 Å². The average Bonchev–Trinajstić information content (AvgIpc) is 2.45. The lowest BCUT2D eigenvalue weighted by atomic mass is 10.1. The number of aliphatic hydroxyl groups is 1. The van der Waals surface area contributed by atoms with Crippen molar-refractivity contribution in [3.63, 3.8) is 0 Å². The molecular weight excluding hydrogens is 240 g/mol. The van der Waals surface area contributed by atoms with E-state index in [4.69, 9.17) is 4.74 Å². The van der Waals surface area contributed by atoms with Gasteiger partial charge in [0.1, 0.15) is 18.1 Å². The predicted molar refractivity (Wildman–Crippen MR) is 74.1 cm³/mol. The first-order valence-electron chi connectivity index (χ1n) is 6.38. The molecule has 0 heterocycles. The van der Waals surface area contributed by atoms with Crippen molar-refractivity contribution >= 4 is 0 Å². The van der Waals surface area contributed by atoms with Gasteiger partial charge in [-0.05, 0) is 30.2 Å². The van der Waals surface area contributed by atoms with Gasteiger partial charge in [-0.1, -0.05) is 37.3 Å². The van der Waals surface area contributed by atoms with E-state index < -0.39 is 6.10 Å². The minimum absolute atomic E-state index is 0.225. The number of rotatable bonds is 5. The minimum Gasteiger partial charge on any atom is -0.508 e. The van der Waals surface area contributed by atoms with Gasteiger partial charge in [0, 0.05) is 5.56 Å². The van der Waals surface area contributed by atoms with Crippen LogP contribution in [0.3, 0.4) is 0 Å². The zero-order chi connectivity index (χ0) is 13.7. The first kappa shape index (κ1) is 13.4. The molecule has 2 aromatic rings. The molecule has 0 saturated heterocycles. The molecule has 0 radical (unpaired) electrons. The molecular formula is C16H18O3. The molecule has 2 rings (SSSR count). The van der Waals surface area contributed by atoms with Gasteiger partial charge in [-0.25, -0.2) is 0 Å². The Morgan fingerprint density at radius 3 is 2.63 bits per heavy atom. The second-order valence-electron chi connectivity index (χ2n) is 4.42. The van der Waals surface area contributed by atoms with Crippen molar-refractivity contribution in [1.29, 1.82) is 0 Å². The van der Waals surface area contributed by atoms with E-state index in [0.717, 1.165) is 11.1 Å². The fraction of sp³-hybridized carbons (Fsp3) is 0.250. The van der Waals surface area contributed by atoms with Crippen LogP contribution in [0.1, 0.15) is 30.6 Å². The van der Waals surface area contributed by atoms with E-state index in [9.17, 15) is 10.2 Å². The molecule has 1 atom stereocenters. The number of para-hydroxylation sites is 1. The summed E-state index contributed by atoms with van der Waals surface area (Å²) in [4.78, 5) is 0. The summed E-state index contributed by atoms with van der Waals surface area (Å²) >= 11 is 0. The molecule has 0 aliphatic heterocycles. The number of hydrogen-bond donors (Lipinski definition) is 2. The maximum absolute atomic E-state index is 9.93. The van der Waals surface area contributed by atoms with Crippen molar-refractivity contribution < 1.29 is 14.9 Å². The van der Waals surface area contributed by atoms with Crippen LogP contribution in [-0.4, -0.2) is 10.2 Å². The van der Waals surface area contributed by atoms with E-state index in [2.05, 4.69) is 0 Å². The van der Waals surface area contributed by atoms with Crippen LogP contribution in [0.25, 0.3) is 0 Å². The number of aromatic hydroxyl groups is 1. The van der Waals surface area contributed by atoms with Gasteiger partial charge in [-0.2, -0.15) is 0 Å². The molecule has 0 saturated carbocycles. The number of phenolic OH excluding ortho intramolecular Hbond substituents is 1. The van der Waals surface area contributed by atoms with Gasteiger partial charge < -0.3 is 14.9 Å². The lowest BCUT2D eigenvalue weighted by Gasteiger charge is -2.15. The standard InChI is InChI=1S/C16H18O3/c1-2-15(18)14-8-3-4-9-16(14)19-11-12-6-5-7-13(17)10-12/h3-10,15,17-18H,2,11H2,1H3. The molecule has 0 amide bonds. The Kier molecular flexibility index (Phi) is 4.42. The molecule has 0 aromatic heterocycles. The molecule has 0 fully saturated rings. The Balaban J connectivity index is 2.11. The van der Waals surface area contributed by atoms with Crippen molar-refractivity contribution in [2.75, 3.05) is 0 Å². The molecule has 2 N–H and O–H groups in total. The van der Waals surface area contributed by atoms with E-state index in [-0.39, 0.29) is 5.75 Å².